The van der Waals surface area contributed by atoms with E-state index in [0.29, 0.717) is 0 Å². The molecule has 1 aromatic carbocycles. The van der Waals surface area contributed by atoms with Gasteiger partial charge in [0.25, 0.3) is 0 Å². The standard InChI is InChI=1S/C18H25IO2/c1-17(2,3)16(20)15-10-6-5-9-14(15)13-18(21-19)11-7-4-8-12-18/h5-6,9-10H,4,7-8,11-13H2,1-3H3. The van der Waals surface area contributed by atoms with Crippen molar-refractivity contribution < 1.29 is 7.86 Å². The topological polar surface area (TPSA) is 26.3 Å². The van der Waals surface area contributed by atoms with Gasteiger partial charge in [-0.25, -0.2) is 0 Å². The number of Topliss-reactive ketones (excluding diaryl/α,β-unsaturated/α-hetero) is 1. The van der Waals surface area contributed by atoms with Crippen molar-refractivity contribution in [3.63, 3.8) is 0 Å². The Morgan fingerprint density at radius 1 is 1.19 bits per heavy atom. The second-order valence-corrected chi connectivity index (χ2v) is 7.67. The summed E-state index contributed by atoms with van der Waals surface area (Å²) in [5.74, 6) is 0.220. The molecule has 2 nitrogen and oxygen atoms in total. The van der Waals surface area contributed by atoms with Crippen LogP contribution >= 0.6 is 23.0 Å². The van der Waals surface area contributed by atoms with Gasteiger partial charge in [-0.1, -0.05) is 64.3 Å². The lowest BCUT2D eigenvalue weighted by Crippen LogP contribution is -2.35. The van der Waals surface area contributed by atoms with E-state index in [2.05, 4.69) is 6.07 Å². The molecule has 1 saturated carbocycles. The van der Waals surface area contributed by atoms with Crippen molar-refractivity contribution in [1.29, 1.82) is 0 Å². The van der Waals surface area contributed by atoms with Crippen molar-refractivity contribution in [2.24, 2.45) is 5.41 Å². The first-order valence-electron chi connectivity index (χ1n) is 7.80. The molecular weight excluding hydrogens is 375 g/mol. The summed E-state index contributed by atoms with van der Waals surface area (Å²) in [4.78, 5) is 12.7. The minimum Gasteiger partial charge on any atom is -0.309 e. The van der Waals surface area contributed by atoms with Crippen LogP contribution in [0.1, 0.15) is 68.8 Å². The Bertz CT molecular complexity index is 496. The maximum Gasteiger partial charge on any atom is 0.168 e. The molecule has 1 aliphatic rings. The Kier molecular flexibility index (Phi) is 5.47. The molecule has 0 aliphatic heterocycles. The normalized spacial score (nSPS) is 18.5. The maximum atomic E-state index is 12.7. The van der Waals surface area contributed by atoms with Crippen molar-refractivity contribution in [2.75, 3.05) is 0 Å². The molecule has 0 spiro atoms. The van der Waals surface area contributed by atoms with E-state index in [1.807, 2.05) is 62.0 Å². The summed E-state index contributed by atoms with van der Waals surface area (Å²) in [7, 11) is 0. The van der Waals surface area contributed by atoms with E-state index in [1.54, 1.807) is 0 Å². The third-order valence-electron chi connectivity index (χ3n) is 4.38. The van der Waals surface area contributed by atoms with Crippen molar-refractivity contribution in [2.45, 2.75) is 64.9 Å². The van der Waals surface area contributed by atoms with Gasteiger partial charge in [0, 0.05) is 17.4 Å². The molecule has 0 saturated heterocycles. The molecule has 1 fully saturated rings. The fraction of sp³-hybridized carbons (Fsp3) is 0.611. The van der Waals surface area contributed by atoms with Crippen LogP contribution in [0.15, 0.2) is 24.3 Å². The number of benzene rings is 1. The van der Waals surface area contributed by atoms with E-state index in [9.17, 15) is 4.79 Å². The van der Waals surface area contributed by atoms with Gasteiger partial charge in [-0.05, 0) is 18.4 Å². The largest absolute Gasteiger partial charge is 0.309 e. The highest BCUT2D eigenvalue weighted by molar-refractivity contribution is 14.1. The molecule has 21 heavy (non-hydrogen) atoms. The van der Waals surface area contributed by atoms with Crippen LogP contribution in [0.5, 0.6) is 0 Å². The van der Waals surface area contributed by atoms with Gasteiger partial charge in [-0.3, -0.25) is 4.79 Å². The molecule has 1 aromatic rings. The number of ketones is 1. The van der Waals surface area contributed by atoms with Crippen molar-refractivity contribution in [3.8, 4) is 0 Å². The molecule has 0 aromatic heterocycles. The van der Waals surface area contributed by atoms with Crippen LogP contribution in [0.2, 0.25) is 0 Å². The summed E-state index contributed by atoms with van der Waals surface area (Å²) in [6, 6.07) is 8.04. The second-order valence-electron chi connectivity index (χ2n) is 7.23. The first kappa shape index (κ1) is 16.9. The van der Waals surface area contributed by atoms with E-state index >= 15 is 0 Å². The minimum atomic E-state index is -0.346. The third kappa shape index (κ3) is 4.07. The summed E-state index contributed by atoms with van der Waals surface area (Å²) in [5, 5.41) is 0. The van der Waals surface area contributed by atoms with Gasteiger partial charge < -0.3 is 3.07 Å². The van der Waals surface area contributed by atoms with Crippen LogP contribution in [-0.4, -0.2) is 11.4 Å². The molecule has 0 amide bonds. The minimum absolute atomic E-state index is 0.0902. The van der Waals surface area contributed by atoms with Gasteiger partial charge in [0.2, 0.25) is 0 Å². The van der Waals surface area contributed by atoms with Crippen LogP contribution in [0.25, 0.3) is 0 Å². The van der Waals surface area contributed by atoms with Crippen LogP contribution < -0.4 is 0 Å². The number of halogens is 1. The number of hydrogen-bond acceptors (Lipinski definition) is 2. The Hall–Kier alpha value is -0.420. The smallest absolute Gasteiger partial charge is 0.168 e. The molecule has 0 heterocycles. The number of carbonyl (C=O) groups is 1. The van der Waals surface area contributed by atoms with Gasteiger partial charge in [-0.2, -0.15) is 0 Å². The van der Waals surface area contributed by atoms with Crippen molar-refractivity contribution in [1.82, 2.24) is 0 Å². The molecule has 0 N–H and O–H groups in total. The third-order valence-corrected chi connectivity index (χ3v) is 5.32. The van der Waals surface area contributed by atoms with Gasteiger partial charge in [0.1, 0.15) is 23.0 Å². The molecule has 1 aliphatic carbocycles. The van der Waals surface area contributed by atoms with Gasteiger partial charge in [0.05, 0.1) is 5.60 Å². The molecule has 3 heteroatoms. The first-order valence-corrected chi connectivity index (χ1v) is 8.68. The molecule has 0 radical (unpaired) electrons. The molecule has 0 atom stereocenters. The van der Waals surface area contributed by atoms with Gasteiger partial charge in [0.15, 0.2) is 5.78 Å². The van der Waals surface area contributed by atoms with E-state index in [1.165, 1.54) is 19.3 Å². The second kappa shape index (κ2) is 6.78. The van der Waals surface area contributed by atoms with Crippen molar-refractivity contribution >= 4 is 28.8 Å². The lowest BCUT2D eigenvalue weighted by Gasteiger charge is -2.35. The highest BCUT2D eigenvalue weighted by Crippen LogP contribution is 2.37. The van der Waals surface area contributed by atoms with E-state index in [4.69, 9.17) is 3.07 Å². The zero-order valence-corrected chi connectivity index (χ0v) is 15.4. The van der Waals surface area contributed by atoms with Crippen LogP contribution in [0, 0.1) is 5.41 Å². The zero-order valence-electron chi connectivity index (χ0n) is 13.2. The Morgan fingerprint density at radius 2 is 1.81 bits per heavy atom. The maximum absolute atomic E-state index is 12.7. The highest BCUT2D eigenvalue weighted by atomic mass is 127. The summed E-state index contributed by atoms with van der Waals surface area (Å²) in [6.07, 6.45) is 6.76. The molecule has 2 rings (SSSR count). The fourth-order valence-corrected chi connectivity index (χ4v) is 3.72. The summed E-state index contributed by atoms with van der Waals surface area (Å²) < 4.78 is 5.86. The molecular formula is C18H25IO2. The zero-order chi connectivity index (χ0) is 15.5. The average molecular weight is 400 g/mol. The van der Waals surface area contributed by atoms with E-state index in [-0.39, 0.29) is 16.8 Å². The first-order chi connectivity index (χ1) is 9.88. The summed E-state index contributed by atoms with van der Waals surface area (Å²) in [5.41, 5.74) is 1.56. The number of hydrogen-bond donors (Lipinski definition) is 0. The Labute approximate surface area is 142 Å². The van der Waals surface area contributed by atoms with E-state index in [0.717, 1.165) is 30.4 Å². The van der Waals surface area contributed by atoms with E-state index < -0.39 is 0 Å². The monoisotopic (exact) mass is 400 g/mol. The summed E-state index contributed by atoms with van der Waals surface area (Å²) >= 11 is 2.05. The molecule has 0 bridgehead atoms. The number of carbonyl (C=O) groups excluding carboxylic acids is 1. The SMILES string of the molecule is CC(C)(C)C(=O)c1ccccc1CC1(OI)CCCCC1. The molecule has 0 unspecified atom stereocenters. The Balaban J connectivity index is 2.30. The summed E-state index contributed by atoms with van der Waals surface area (Å²) in [6.45, 7) is 5.95. The lowest BCUT2D eigenvalue weighted by atomic mass is 9.77. The Morgan fingerprint density at radius 3 is 2.38 bits per heavy atom. The quantitative estimate of drug-likeness (QED) is 0.491. The predicted molar refractivity (Wildman–Crippen MR) is 94.9 cm³/mol. The fourth-order valence-electron chi connectivity index (χ4n) is 3.12. The van der Waals surface area contributed by atoms with Crippen LogP contribution in [-0.2, 0) is 9.49 Å². The number of rotatable bonds is 4. The average Bonchev–Trinajstić information content (AvgIpc) is 2.47. The van der Waals surface area contributed by atoms with Crippen LogP contribution in [0.3, 0.4) is 0 Å². The van der Waals surface area contributed by atoms with Gasteiger partial charge in [-0.15, -0.1) is 0 Å². The van der Waals surface area contributed by atoms with Gasteiger partial charge >= 0.3 is 0 Å². The van der Waals surface area contributed by atoms with Crippen molar-refractivity contribution in [3.05, 3.63) is 35.4 Å². The predicted octanol–water partition coefficient (Wildman–Crippen LogP) is 5.53. The van der Waals surface area contributed by atoms with Crippen LogP contribution in [0.4, 0.5) is 0 Å². The lowest BCUT2D eigenvalue weighted by molar-refractivity contribution is 0.0754. The highest BCUT2D eigenvalue weighted by Gasteiger charge is 2.35. The molecule has 116 valence electrons.